The molecule has 1 aliphatic rings. The fourth-order valence-corrected chi connectivity index (χ4v) is 4.18. The van der Waals surface area contributed by atoms with E-state index in [1.165, 1.54) is 23.1 Å². The van der Waals surface area contributed by atoms with Gasteiger partial charge in [-0.05, 0) is 32.0 Å². The van der Waals surface area contributed by atoms with Crippen LogP contribution in [0.5, 0.6) is 11.5 Å². The minimum atomic E-state index is -0.312. The van der Waals surface area contributed by atoms with Crippen LogP contribution in [0.2, 0.25) is 0 Å². The first-order valence-corrected chi connectivity index (χ1v) is 10.3. The number of hydrogen-bond acceptors (Lipinski definition) is 9. The van der Waals surface area contributed by atoms with Crippen molar-refractivity contribution in [3.63, 3.8) is 0 Å². The van der Waals surface area contributed by atoms with Gasteiger partial charge in [0.1, 0.15) is 11.5 Å². The number of aryl methyl sites for hydroxylation is 2. The number of benzene rings is 1. The third kappa shape index (κ3) is 4.51. The molecule has 2 aromatic heterocycles. The first kappa shape index (κ1) is 19.3. The fourth-order valence-electron chi connectivity index (χ4n) is 2.64. The second-order valence-electron chi connectivity index (χ2n) is 6.06. The summed E-state index contributed by atoms with van der Waals surface area (Å²) in [6.45, 7) is 3.68. The molecule has 1 aliphatic heterocycles. The highest BCUT2D eigenvalue weighted by atomic mass is 32.2. The lowest BCUT2D eigenvalue weighted by molar-refractivity contribution is -0.113. The van der Waals surface area contributed by atoms with Crippen molar-refractivity contribution < 1.29 is 23.5 Å². The summed E-state index contributed by atoms with van der Waals surface area (Å²) < 4.78 is 16.5. The van der Waals surface area contributed by atoms with Crippen LogP contribution in [-0.2, 0) is 4.79 Å². The molecule has 150 valence electrons. The molecule has 1 aromatic carbocycles. The average Bonchev–Trinajstić information content (AvgIpc) is 3.39. The number of thioether (sulfide) groups is 1. The van der Waals surface area contributed by atoms with Gasteiger partial charge in [0.05, 0.1) is 11.3 Å². The fraction of sp³-hybridized carbons (Fsp3) is 0.222. The lowest BCUT2D eigenvalue weighted by Gasteiger charge is -2.05. The predicted molar refractivity (Wildman–Crippen MR) is 108 cm³/mol. The van der Waals surface area contributed by atoms with Crippen LogP contribution in [0, 0.1) is 13.8 Å². The highest BCUT2D eigenvalue weighted by Crippen LogP contribution is 2.34. The molecule has 4 rings (SSSR count). The van der Waals surface area contributed by atoms with Gasteiger partial charge in [-0.2, -0.15) is 0 Å². The lowest BCUT2D eigenvalue weighted by Crippen LogP contribution is -2.13. The molecule has 2 N–H and O–H groups in total. The zero-order valence-electron chi connectivity index (χ0n) is 15.5. The number of hydrogen-bond donors (Lipinski definition) is 2. The van der Waals surface area contributed by atoms with Crippen LogP contribution < -0.4 is 20.1 Å². The van der Waals surface area contributed by atoms with Gasteiger partial charge in [-0.25, -0.2) is 0 Å². The van der Waals surface area contributed by atoms with Gasteiger partial charge in [0.15, 0.2) is 15.8 Å². The Morgan fingerprint density at radius 2 is 1.97 bits per heavy atom. The summed E-state index contributed by atoms with van der Waals surface area (Å²) in [7, 11) is 0. The number of rotatable bonds is 6. The Morgan fingerprint density at radius 1 is 1.14 bits per heavy atom. The Kier molecular flexibility index (Phi) is 5.41. The zero-order valence-corrected chi connectivity index (χ0v) is 17.1. The van der Waals surface area contributed by atoms with E-state index in [4.69, 9.17) is 13.9 Å². The normalized spacial score (nSPS) is 12.1. The number of amides is 2. The van der Waals surface area contributed by atoms with Gasteiger partial charge in [0.25, 0.3) is 5.91 Å². The Bertz CT molecular complexity index is 1080. The Balaban J connectivity index is 1.29. The van der Waals surface area contributed by atoms with Crippen LogP contribution in [0.4, 0.5) is 10.8 Å². The van der Waals surface area contributed by atoms with Gasteiger partial charge in [-0.3, -0.25) is 14.9 Å². The van der Waals surface area contributed by atoms with Gasteiger partial charge in [0.2, 0.25) is 17.8 Å². The summed E-state index contributed by atoms with van der Waals surface area (Å²) in [6, 6.07) is 6.87. The van der Waals surface area contributed by atoms with Gasteiger partial charge >= 0.3 is 0 Å². The van der Waals surface area contributed by atoms with Crippen molar-refractivity contribution >= 4 is 45.7 Å². The SMILES string of the molecule is Cc1cc(C(=O)Nc2nnc(SCC(=O)Nc3ccc4c(c3)OCO4)s2)c(C)o1. The van der Waals surface area contributed by atoms with Crippen molar-refractivity contribution in [1.82, 2.24) is 10.2 Å². The van der Waals surface area contributed by atoms with Crippen molar-refractivity contribution in [2.75, 3.05) is 23.2 Å². The molecule has 0 bridgehead atoms. The quantitative estimate of drug-likeness (QED) is 0.449. The van der Waals surface area contributed by atoms with E-state index in [0.29, 0.717) is 43.7 Å². The highest BCUT2D eigenvalue weighted by Gasteiger charge is 2.17. The maximum Gasteiger partial charge on any atom is 0.261 e. The van der Waals surface area contributed by atoms with E-state index in [2.05, 4.69) is 20.8 Å². The largest absolute Gasteiger partial charge is 0.466 e. The van der Waals surface area contributed by atoms with E-state index < -0.39 is 0 Å². The molecule has 0 radical (unpaired) electrons. The van der Waals surface area contributed by atoms with Crippen LogP contribution in [0.25, 0.3) is 0 Å². The maximum absolute atomic E-state index is 12.3. The van der Waals surface area contributed by atoms with E-state index in [9.17, 15) is 9.59 Å². The van der Waals surface area contributed by atoms with E-state index in [1.54, 1.807) is 38.1 Å². The number of carbonyl (C=O) groups excluding carboxylic acids is 2. The minimum absolute atomic E-state index is 0.150. The minimum Gasteiger partial charge on any atom is -0.466 e. The number of carbonyl (C=O) groups is 2. The number of nitrogens with zero attached hydrogens (tertiary/aromatic N) is 2. The summed E-state index contributed by atoms with van der Waals surface area (Å²) in [4.78, 5) is 24.5. The van der Waals surface area contributed by atoms with Gasteiger partial charge in [-0.1, -0.05) is 23.1 Å². The molecule has 0 saturated carbocycles. The van der Waals surface area contributed by atoms with Gasteiger partial charge in [-0.15, -0.1) is 10.2 Å². The molecule has 9 nitrogen and oxygen atoms in total. The molecule has 0 atom stereocenters. The molecule has 11 heteroatoms. The van der Waals surface area contributed by atoms with Crippen molar-refractivity contribution in [3.05, 3.63) is 41.3 Å². The second kappa shape index (κ2) is 8.13. The molecule has 29 heavy (non-hydrogen) atoms. The second-order valence-corrected chi connectivity index (χ2v) is 8.26. The molecule has 0 aliphatic carbocycles. The summed E-state index contributed by atoms with van der Waals surface area (Å²) >= 11 is 2.43. The van der Waals surface area contributed by atoms with Gasteiger partial charge < -0.3 is 19.2 Å². The standard InChI is InChI=1S/C18H16N4O5S2/c1-9-5-12(10(2)27-9)16(24)20-17-21-22-18(29-17)28-7-15(23)19-11-3-4-13-14(6-11)26-8-25-13/h3-6H,7-8H2,1-2H3,(H,19,23)(H,20,21,24). The average molecular weight is 432 g/mol. The Labute approximate surface area is 173 Å². The number of furan rings is 1. The third-order valence-electron chi connectivity index (χ3n) is 3.90. The van der Waals surface area contributed by atoms with Crippen LogP contribution in [0.15, 0.2) is 33.0 Å². The summed E-state index contributed by atoms with van der Waals surface area (Å²) in [5.41, 5.74) is 1.07. The molecule has 3 heterocycles. The van der Waals surface area contributed by atoms with Gasteiger partial charge in [0, 0.05) is 11.8 Å². The van der Waals surface area contributed by atoms with Crippen molar-refractivity contribution in [2.24, 2.45) is 0 Å². The Morgan fingerprint density at radius 3 is 2.76 bits per heavy atom. The number of fused-ring (bicyclic) bond motifs is 1. The summed E-state index contributed by atoms with van der Waals surface area (Å²) in [6.07, 6.45) is 0. The van der Waals surface area contributed by atoms with E-state index in [0.717, 1.165) is 0 Å². The molecule has 0 saturated heterocycles. The van der Waals surface area contributed by atoms with Crippen LogP contribution in [0.1, 0.15) is 21.9 Å². The smallest absolute Gasteiger partial charge is 0.261 e. The van der Waals surface area contributed by atoms with E-state index in [1.807, 2.05) is 0 Å². The topological polar surface area (TPSA) is 116 Å². The molecule has 2 amide bonds. The molecule has 0 spiro atoms. The monoisotopic (exact) mass is 432 g/mol. The number of ether oxygens (including phenoxy) is 2. The summed E-state index contributed by atoms with van der Waals surface area (Å²) in [5, 5.41) is 13.8. The molecular formula is C18H16N4O5S2. The highest BCUT2D eigenvalue weighted by molar-refractivity contribution is 8.01. The van der Waals surface area contributed by atoms with Crippen LogP contribution >= 0.6 is 23.1 Å². The molecular weight excluding hydrogens is 416 g/mol. The molecule has 0 fully saturated rings. The van der Waals surface area contributed by atoms with Crippen molar-refractivity contribution in [2.45, 2.75) is 18.2 Å². The maximum atomic E-state index is 12.3. The Hall–Kier alpha value is -3.05. The number of anilines is 2. The third-order valence-corrected chi connectivity index (χ3v) is 5.87. The first-order valence-electron chi connectivity index (χ1n) is 8.52. The predicted octanol–water partition coefficient (Wildman–Crippen LogP) is 3.46. The molecule has 0 unspecified atom stereocenters. The van der Waals surface area contributed by atoms with Crippen LogP contribution in [-0.4, -0.2) is 34.6 Å². The van der Waals surface area contributed by atoms with Crippen LogP contribution in [0.3, 0.4) is 0 Å². The number of nitrogens with one attached hydrogen (secondary N) is 2. The number of aromatic nitrogens is 2. The zero-order chi connectivity index (χ0) is 20.4. The lowest BCUT2D eigenvalue weighted by atomic mass is 10.2. The van der Waals surface area contributed by atoms with E-state index in [-0.39, 0.29) is 24.4 Å². The van der Waals surface area contributed by atoms with Crippen molar-refractivity contribution in [1.29, 1.82) is 0 Å². The first-order chi connectivity index (χ1) is 14.0. The van der Waals surface area contributed by atoms with E-state index >= 15 is 0 Å². The molecule has 3 aromatic rings. The van der Waals surface area contributed by atoms with Crippen molar-refractivity contribution in [3.8, 4) is 11.5 Å². The summed E-state index contributed by atoms with van der Waals surface area (Å²) in [5.74, 6) is 2.10.